The SMILES string of the molecule is CCc1cc(S(=O)(=O)O)cc(C(C)CC)c1Nc1ccc(Nc2c(CC)cc(S(=O)(=O)O)cc2C(C)CC)c2c1C(=O)c1ccccc1C2=O. The van der Waals surface area contributed by atoms with Crippen molar-refractivity contribution in [2.24, 2.45) is 0 Å². The van der Waals surface area contributed by atoms with Crippen LogP contribution in [0.4, 0.5) is 22.7 Å². The Hall–Kier alpha value is -4.36. The first-order valence-corrected chi connectivity index (χ1v) is 19.6. The molecule has 4 N–H and O–H groups in total. The maximum Gasteiger partial charge on any atom is 0.294 e. The van der Waals surface area contributed by atoms with Gasteiger partial charge in [0.15, 0.2) is 11.6 Å². The highest BCUT2D eigenvalue weighted by atomic mass is 32.2. The minimum atomic E-state index is -4.50. The molecule has 0 radical (unpaired) electrons. The Balaban J connectivity index is 1.78. The summed E-state index contributed by atoms with van der Waals surface area (Å²) in [6.45, 7) is 11.5. The summed E-state index contributed by atoms with van der Waals surface area (Å²) in [4.78, 5) is 28.3. The largest absolute Gasteiger partial charge is 0.354 e. The molecule has 0 aliphatic heterocycles. The third-order valence-corrected chi connectivity index (χ3v) is 11.4. The predicted molar refractivity (Wildman–Crippen MR) is 195 cm³/mol. The van der Waals surface area contributed by atoms with E-state index in [0.717, 1.165) is 0 Å². The van der Waals surface area contributed by atoms with Crippen LogP contribution in [0.3, 0.4) is 0 Å². The summed E-state index contributed by atoms with van der Waals surface area (Å²) < 4.78 is 68.7. The number of carbonyl (C=O) groups excluding carboxylic acids is 2. The molecule has 10 nitrogen and oxygen atoms in total. The number of nitrogens with one attached hydrogen (secondary N) is 2. The molecule has 264 valence electrons. The lowest BCUT2D eigenvalue weighted by molar-refractivity contribution is 0.0980. The van der Waals surface area contributed by atoms with E-state index in [2.05, 4.69) is 10.6 Å². The second kappa shape index (κ2) is 14.1. The zero-order valence-electron chi connectivity index (χ0n) is 28.9. The summed E-state index contributed by atoms with van der Waals surface area (Å²) in [6, 6.07) is 15.7. The zero-order chi connectivity index (χ0) is 36.7. The third-order valence-electron chi connectivity index (χ3n) is 9.69. The molecule has 0 heterocycles. The maximum absolute atomic E-state index is 14.4. The first kappa shape index (κ1) is 36.9. The summed E-state index contributed by atoms with van der Waals surface area (Å²) in [5.74, 6) is -1.01. The molecule has 0 fully saturated rings. The van der Waals surface area contributed by atoms with Crippen molar-refractivity contribution in [3.8, 4) is 0 Å². The molecular weight excluding hydrogens is 677 g/mol. The van der Waals surface area contributed by atoms with Crippen molar-refractivity contribution in [1.82, 2.24) is 0 Å². The van der Waals surface area contributed by atoms with Gasteiger partial charge in [-0.25, -0.2) is 0 Å². The summed E-state index contributed by atoms with van der Waals surface area (Å²) >= 11 is 0. The number of fused-ring (bicyclic) bond motifs is 2. The van der Waals surface area contributed by atoms with Crippen LogP contribution in [0.25, 0.3) is 0 Å². The van der Waals surface area contributed by atoms with Gasteiger partial charge in [-0.05, 0) is 96.2 Å². The fraction of sp³-hybridized carbons (Fsp3) is 0.316. The van der Waals surface area contributed by atoms with E-state index in [0.29, 0.717) is 70.7 Å². The van der Waals surface area contributed by atoms with Gasteiger partial charge in [0.2, 0.25) is 0 Å². The Labute approximate surface area is 293 Å². The van der Waals surface area contributed by atoms with E-state index in [1.54, 1.807) is 36.4 Å². The molecule has 50 heavy (non-hydrogen) atoms. The lowest BCUT2D eigenvalue weighted by Gasteiger charge is -2.27. The first-order valence-electron chi connectivity index (χ1n) is 16.7. The molecule has 12 heteroatoms. The second-order valence-corrected chi connectivity index (χ2v) is 15.6. The van der Waals surface area contributed by atoms with E-state index in [-0.39, 0.29) is 55.4 Å². The smallest absolute Gasteiger partial charge is 0.294 e. The van der Waals surface area contributed by atoms with E-state index in [9.17, 15) is 35.5 Å². The number of hydrogen-bond donors (Lipinski definition) is 4. The first-order chi connectivity index (χ1) is 23.5. The number of benzene rings is 4. The molecule has 0 saturated carbocycles. The Kier molecular flexibility index (Phi) is 10.4. The van der Waals surface area contributed by atoms with Crippen molar-refractivity contribution in [2.75, 3.05) is 10.6 Å². The number of rotatable bonds is 12. The van der Waals surface area contributed by atoms with Gasteiger partial charge in [0.25, 0.3) is 20.2 Å². The van der Waals surface area contributed by atoms with Gasteiger partial charge in [-0.1, -0.05) is 65.8 Å². The Morgan fingerprint density at radius 1 is 0.600 bits per heavy atom. The van der Waals surface area contributed by atoms with Gasteiger partial charge in [0, 0.05) is 22.5 Å². The van der Waals surface area contributed by atoms with E-state index in [1.165, 1.54) is 24.3 Å². The lowest BCUT2D eigenvalue weighted by Crippen LogP contribution is -2.24. The molecule has 2 atom stereocenters. The topological polar surface area (TPSA) is 167 Å². The van der Waals surface area contributed by atoms with Crippen molar-refractivity contribution in [3.63, 3.8) is 0 Å². The monoisotopic (exact) mass is 718 g/mol. The fourth-order valence-corrected chi connectivity index (χ4v) is 7.60. The molecule has 0 aromatic heterocycles. The van der Waals surface area contributed by atoms with Crippen molar-refractivity contribution >= 4 is 54.6 Å². The number of hydrogen-bond acceptors (Lipinski definition) is 8. The second-order valence-electron chi connectivity index (χ2n) is 12.7. The van der Waals surface area contributed by atoms with Gasteiger partial charge in [0.05, 0.1) is 32.3 Å². The minimum Gasteiger partial charge on any atom is -0.354 e. The Morgan fingerprint density at radius 2 is 0.960 bits per heavy atom. The van der Waals surface area contributed by atoms with E-state index in [1.807, 2.05) is 41.5 Å². The third kappa shape index (κ3) is 6.85. The molecule has 0 spiro atoms. The van der Waals surface area contributed by atoms with Crippen LogP contribution in [-0.4, -0.2) is 37.5 Å². The highest BCUT2D eigenvalue weighted by Crippen LogP contribution is 2.43. The molecule has 4 aromatic rings. The van der Waals surface area contributed by atoms with Crippen molar-refractivity contribution in [2.45, 2.75) is 88.9 Å². The molecule has 0 bridgehead atoms. The summed E-state index contributed by atoms with van der Waals surface area (Å²) in [7, 11) is -9.00. The number of anilines is 4. The van der Waals surface area contributed by atoms with Crippen LogP contribution in [0.2, 0.25) is 0 Å². The minimum absolute atomic E-state index is 0.128. The van der Waals surface area contributed by atoms with Gasteiger partial charge >= 0.3 is 0 Å². The molecule has 1 aliphatic rings. The van der Waals surface area contributed by atoms with Crippen LogP contribution < -0.4 is 10.6 Å². The number of carbonyl (C=O) groups is 2. The van der Waals surface area contributed by atoms with E-state index >= 15 is 0 Å². The lowest BCUT2D eigenvalue weighted by atomic mass is 9.82. The van der Waals surface area contributed by atoms with Gasteiger partial charge in [-0.2, -0.15) is 16.8 Å². The fourth-order valence-electron chi connectivity index (χ4n) is 6.47. The van der Waals surface area contributed by atoms with E-state index < -0.39 is 20.2 Å². The van der Waals surface area contributed by atoms with Crippen molar-refractivity contribution in [1.29, 1.82) is 0 Å². The predicted octanol–water partition coefficient (Wildman–Crippen LogP) is 8.59. The molecule has 0 saturated heterocycles. The van der Waals surface area contributed by atoms with Crippen molar-refractivity contribution in [3.05, 3.63) is 105 Å². The maximum atomic E-state index is 14.4. The van der Waals surface area contributed by atoms with Gasteiger partial charge in [-0.15, -0.1) is 0 Å². The van der Waals surface area contributed by atoms with Crippen LogP contribution in [0.5, 0.6) is 0 Å². The van der Waals surface area contributed by atoms with Gasteiger partial charge in [0.1, 0.15) is 0 Å². The van der Waals surface area contributed by atoms with Crippen LogP contribution in [0.15, 0.2) is 70.5 Å². The number of aryl methyl sites for hydroxylation is 2. The van der Waals surface area contributed by atoms with Crippen LogP contribution in [0.1, 0.15) is 120 Å². The molecule has 1 aliphatic carbocycles. The summed E-state index contributed by atoms with van der Waals surface area (Å²) in [6.07, 6.45) is 2.13. The van der Waals surface area contributed by atoms with Crippen molar-refractivity contribution < 1.29 is 35.5 Å². The zero-order valence-corrected chi connectivity index (χ0v) is 30.6. The Morgan fingerprint density at radius 3 is 1.26 bits per heavy atom. The standard InChI is InChI=1S/C38H42N2O8S2/c1-7-21(5)29-19-25(49(43,44)45)17-23(9-3)35(29)39-31-15-16-32(34-33(31)37(41)27-13-11-12-14-28(27)38(34)42)40-36-24(10-4)18-26(50(46,47)48)20-30(36)22(6)8-2/h11-22,39-40H,7-10H2,1-6H3,(H,43,44,45)(H,46,47,48). The highest BCUT2D eigenvalue weighted by molar-refractivity contribution is 7.86. The highest BCUT2D eigenvalue weighted by Gasteiger charge is 2.35. The quantitative estimate of drug-likeness (QED) is 0.0918. The molecule has 2 unspecified atom stereocenters. The average molecular weight is 719 g/mol. The van der Waals surface area contributed by atoms with E-state index in [4.69, 9.17) is 0 Å². The van der Waals surface area contributed by atoms with Crippen LogP contribution in [-0.2, 0) is 33.1 Å². The number of ketones is 2. The molecule has 0 amide bonds. The molecule has 4 aromatic carbocycles. The molecule has 5 rings (SSSR count). The Bertz CT molecular complexity index is 2090. The summed E-state index contributed by atoms with van der Waals surface area (Å²) in [5, 5.41) is 6.80. The summed E-state index contributed by atoms with van der Waals surface area (Å²) in [5.41, 5.74) is 5.10. The average Bonchev–Trinajstić information content (AvgIpc) is 3.09. The van der Waals surface area contributed by atoms with Gasteiger partial charge < -0.3 is 10.6 Å². The van der Waals surface area contributed by atoms with Crippen LogP contribution in [0, 0.1) is 0 Å². The van der Waals surface area contributed by atoms with Gasteiger partial charge in [-0.3, -0.25) is 18.7 Å². The molecular formula is C38H42N2O8S2. The normalized spacial score (nSPS) is 14.2. The van der Waals surface area contributed by atoms with Crippen LogP contribution >= 0.6 is 0 Å².